The SMILES string of the molecule is COc1ccc(CCNC(=O)c2ccc(COc3c(F)c(F)c(F)c(F)c3F)o2)cc1OC. The minimum atomic E-state index is -2.29. The van der Waals surface area contributed by atoms with E-state index >= 15 is 0 Å². The number of rotatable bonds is 9. The number of hydrogen-bond donors (Lipinski definition) is 1. The monoisotopic (exact) mass is 471 g/mol. The molecule has 11 heteroatoms. The average Bonchev–Trinajstić information content (AvgIpc) is 3.30. The number of halogens is 5. The number of hydrogen-bond acceptors (Lipinski definition) is 5. The van der Waals surface area contributed by atoms with Crippen LogP contribution in [-0.4, -0.2) is 26.7 Å². The quantitative estimate of drug-likeness (QED) is 0.282. The highest BCUT2D eigenvalue weighted by Crippen LogP contribution is 2.30. The molecule has 1 amide bonds. The Kier molecular flexibility index (Phi) is 7.41. The fraction of sp³-hybridized carbons (Fsp3) is 0.227. The molecule has 0 spiro atoms. The van der Waals surface area contributed by atoms with Gasteiger partial charge in [0.2, 0.25) is 29.1 Å². The van der Waals surface area contributed by atoms with Crippen molar-refractivity contribution in [2.45, 2.75) is 13.0 Å². The van der Waals surface area contributed by atoms with Crippen LogP contribution < -0.4 is 19.5 Å². The Hall–Kier alpha value is -3.76. The molecular weight excluding hydrogens is 453 g/mol. The van der Waals surface area contributed by atoms with Gasteiger partial charge in [-0.15, -0.1) is 0 Å². The van der Waals surface area contributed by atoms with Crippen molar-refractivity contribution in [3.05, 3.63) is 76.5 Å². The Labute approximate surface area is 184 Å². The number of methoxy groups -OCH3 is 2. The Balaban J connectivity index is 1.57. The fourth-order valence-electron chi connectivity index (χ4n) is 2.88. The van der Waals surface area contributed by atoms with E-state index < -0.39 is 47.3 Å². The normalized spacial score (nSPS) is 10.8. The van der Waals surface area contributed by atoms with Crippen LogP contribution in [0.1, 0.15) is 21.9 Å². The number of ether oxygens (including phenoxy) is 3. The molecular formula is C22H18F5NO5. The van der Waals surface area contributed by atoms with Crippen LogP contribution in [0.15, 0.2) is 34.7 Å². The molecule has 0 aliphatic heterocycles. The third-order valence-corrected chi connectivity index (χ3v) is 4.56. The van der Waals surface area contributed by atoms with E-state index in [1.165, 1.54) is 26.4 Å². The summed E-state index contributed by atoms with van der Waals surface area (Å²) < 4.78 is 87.1. The van der Waals surface area contributed by atoms with E-state index in [9.17, 15) is 26.7 Å². The van der Waals surface area contributed by atoms with Crippen LogP contribution in [0.2, 0.25) is 0 Å². The number of nitrogens with one attached hydrogen (secondary N) is 1. The summed E-state index contributed by atoms with van der Waals surface area (Å²) in [4.78, 5) is 12.2. The summed E-state index contributed by atoms with van der Waals surface area (Å²) >= 11 is 0. The molecule has 2 aromatic carbocycles. The third kappa shape index (κ3) is 5.18. The van der Waals surface area contributed by atoms with Crippen molar-refractivity contribution >= 4 is 5.91 Å². The first kappa shape index (κ1) is 23.9. The van der Waals surface area contributed by atoms with Crippen LogP contribution in [0.4, 0.5) is 22.0 Å². The molecule has 0 unspecified atom stereocenters. The van der Waals surface area contributed by atoms with Gasteiger partial charge in [-0.25, -0.2) is 13.2 Å². The standard InChI is InChI=1S/C22H18F5NO5/c1-30-13-5-3-11(9-15(13)31-2)7-8-28-22(29)14-6-4-12(33-14)10-32-21-19(26)17(24)16(23)18(25)20(21)27/h3-6,9H,7-8,10H2,1-2H3,(H,28,29). The van der Waals surface area contributed by atoms with E-state index in [2.05, 4.69) is 5.32 Å². The van der Waals surface area contributed by atoms with Crippen LogP contribution in [0.5, 0.6) is 17.2 Å². The zero-order chi connectivity index (χ0) is 24.1. The van der Waals surface area contributed by atoms with Gasteiger partial charge in [0.05, 0.1) is 14.2 Å². The van der Waals surface area contributed by atoms with Crippen LogP contribution in [0.25, 0.3) is 0 Å². The van der Waals surface area contributed by atoms with Crippen LogP contribution >= 0.6 is 0 Å². The molecule has 176 valence electrons. The highest BCUT2D eigenvalue weighted by molar-refractivity contribution is 5.91. The van der Waals surface area contributed by atoms with Gasteiger partial charge in [-0.2, -0.15) is 8.78 Å². The van der Waals surface area contributed by atoms with Gasteiger partial charge in [0.25, 0.3) is 5.91 Å². The summed E-state index contributed by atoms with van der Waals surface area (Å²) in [5.74, 6) is -11.8. The van der Waals surface area contributed by atoms with Gasteiger partial charge in [0.15, 0.2) is 23.0 Å². The highest BCUT2D eigenvalue weighted by Gasteiger charge is 2.27. The summed E-state index contributed by atoms with van der Waals surface area (Å²) in [7, 11) is 3.02. The Morgan fingerprint density at radius 1 is 0.879 bits per heavy atom. The lowest BCUT2D eigenvalue weighted by Crippen LogP contribution is -2.25. The summed E-state index contributed by atoms with van der Waals surface area (Å²) in [6.45, 7) is -0.414. The Bertz CT molecular complexity index is 1140. The van der Waals surface area contributed by atoms with E-state index in [1.807, 2.05) is 6.07 Å². The lowest BCUT2D eigenvalue weighted by atomic mass is 10.1. The van der Waals surface area contributed by atoms with Gasteiger partial charge in [0.1, 0.15) is 12.4 Å². The zero-order valence-corrected chi connectivity index (χ0v) is 17.4. The summed E-state index contributed by atoms with van der Waals surface area (Å²) in [6, 6.07) is 7.87. The van der Waals surface area contributed by atoms with Gasteiger partial charge in [-0.05, 0) is 36.2 Å². The first-order chi connectivity index (χ1) is 15.8. The summed E-state index contributed by atoms with van der Waals surface area (Å²) in [6.07, 6.45) is 0.475. The Morgan fingerprint density at radius 3 is 2.15 bits per heavy atom. The average molecular weight is 471 g/mol. The first-order valence-corrected chi connectivity index (χ1v) is 9.48. The van der Waals surface area contributed by atoms with Gasteiger partial charge in [-0.3, -0.25) is 4.79 Å². The van der Waals surface area contributed by atoms with E-state index in [1.54, 1.807) is 12.1 Å². The van der Waals surface area contributed by atoms with Crippen molar-refractivity contribution in [3.63, 3.8) is 0 Å². The number of benzene rings is 2. The van der Waals surface area contributed by atoms with Gasteiger partial charge in [0, 0.05) is 6.54 Å². The van der Waals surface area contributed by atoms with Gasteiger partial charge < -0.3 is 23.9 Å². The van der Waals surface area contributed by atoms with E-state index in [0.29, 0.717) is 17.9 Å². The number of amides is 1. The van der Waals surface area contributed by atoms with Crippen molar-refractivity contribution < 1.29 is 45.4 Å². The zero-order valence-electron chi connectivity index (χ0n) is 17.4. The first-order valence-electron chi connectivity index (χ1n) is 9.48. The Morgan fingerprint density at radius 2 is 1.52 bits per heavy atom. The van der Waals surface area contributed by atoms with Crippen LogP contribution in [-0.2, 0) is 13.0 Å². The smallest absolute Gasteiger partial charge is 0.287 e. The molecule has 0 fully saturated rings. The van der Waals surface area contributed by atoms with Crippen molar-refractivity contribution in [1.82, 2.24) is 5.32 Å². The molecule has 0 radical (unpaired) electrons. The number of carbonyl (C=O) groups is 1. The second kappa shape index (κ2) is 10.2. The second-order valence-electron chi connectivity index (χ2n) is 6.65. The predicted octanol–water partition coefficient (Wildman–Crippen LogP) is 4.54. The van der Waals surface area contributed by atoms with Crippen molar-refractivity contribution in [1.29, 1.82) is 0 Å². The summed E-state index contributed by atoms with van der Waals surface area (Å²) in [5, 5.41) is 2.63. The lowest BCUT2D eigenvalue weighted by molar-refractivity contribution is 0.0922. The topological polar surface area (TPSA) is 69.9 Å². The number of carbonyl (C=O) groups excluding carboxylic acids is 1. The van der Waals surface area contributed by atoms with Crippen molar-refractivity contribution in [2.75, 3.05) is 20.8 Å². The molecule has 1 N–H and O–H groups in total. The van der Waals surface area contributed by atoms with Crippen molar-refractivity contribution in [3.8, 4) is 17.2 Å². The molecule has 1 heterocycles. The van der Waals surface area contributed by atoms with E-state index in [0.717, 1.165) is 5.56 Å². The molecule has 0 aliphatic rings. The maximum atomic E-state index is 13.7. The molecule has 0 saturated heterocycles. The molecule has 0 saturated carbocycles. The molecule has 3 aromatic rings. The minimum absolute atomic E-state index is 0.0658. The van der Waals surface area contributed by atoms with E-state index in [4.69, 9.17) is 18.6 Å². The minimum Gasteiger partial charge on any atom is -0.493 e. The molecule has 1 aromatic heterocycles. The molecule has 33 heavy (non-hydrogen) atoms. The lowest BCUT2D eigenvalue weighted by Gasteiger charge is -2.10. The fourth-order valence-corrected chi connectivity index (χ4v) is 2.88. The van der Waals surface area contributed by atoms with E-state index in [-0.39, 0.29) is 18.1 Å². The molecule has 0 atom stereocenters. The second-order valence-corrected chi connectivity index (χ2v) is 6.65. The largest absolute Gasteiger partial charge is 0.493 e. The molecule has 0 bridgehead atoms. The maximum Gasteiger partial charge on any atom is 0.287 e. The third-order valence-electron chi connectivity index (χ3n) is 4.56. The van der Waals surface area contributed by atoms with Crippen LogP contribution in [0.3, 0.4) is 0 Å². The van der Waals surface area contributed by atoms with Gasteiger partial charge in [-0.1, -0.05) is 6.07 Å². The maximum absolute atomic E-state index is 13.7. The summed E-state index contributed by atoms with van der Waals surface area (Å²) in [5.41, 5.74) is 0.879. The molecule has 6 nitrogen and oxygen atoms in total. The molecule has 0 aliphatic carbocycles. The molecule has 3 rings (SSSR count). The van der Waals surface area contributed by atoms with Crippen molar-refractivity contribution in [2.24, 2.45) is 0 Å². The van der Waals surface area contributed by atoms with Gasteiger partial charge >= 0.3 is 0 Å². The number of furan rings is 1. The highest BCUT2D eigenvalue weighted by atomic mass is 19.2. The van der Waals surface area contributed by atoms with Crippen LogP contribution in [0, 0.1) is 29.1 Å². The predicted molar refractivity (Wildman–Crippen MR) is 105 cm³/mol.